The van der Waals surface area contributed by atoms with E-state index in [2.05, 4.69) is 52.0 Å². The fraction of sp³-hybridized carbons (Fsp3) is 0.724. The van der Waals surface area contributed by atoms with Crippen LogP contribution in [-0.4, -0.2) is 103 Å². The van der Waals surface area contributed by atoms with Gasteiger partial charge < -0.3 is 19.3 Å². The van der Waals surface area contributed by atoms with Crippen molar-refractivity contribution in [3.05, 3.63) is 35.9 Å². The number of benzene rings is 1. The summed E-state index contributed by atoms with van der Waals surface area (Å²) >= 11 is 0. The zero-order valence-electron chi connectivity index (χ0n) is 22.9. The number of piperazine rings is 1. The summed E-state index contributed by atoms with van der Waals surface area (Å²) in [7, 11) is 1.44. The number of hydrogen-bond donors (Lipinski definition) is 0. The van der Waals surface area contributed by atoms with Gasteiger partial charge in [-0.3, -0.25) is 14.6 Å². The molecule has 0 aliphatic carbocycles. The Labute approximate surface area is 222 Å². The molecule has 3 aliphatic rings. The highest BCUT2D eigenvalue weighted by molar-refractivity contribution is 5.70. The van der Waals surface area contributed by atoms with Crippen LogP contribution in [0.3, 0.4) is 0 Å². The molecule has 0 N–H and O–H groups in total. The van der Waals surface area contributed by atoms with Crippen LogP contribution < -0.4 is 0 Å². The van der Waals surface area contributed by atoms with Crippen LogP contribution >= 0.6 is 0 Å². The average molecular weight is 515 g/mol. The number of amides is 1. The van der Waals surface area contributed by atoms with Gasteiger partial charge in [-0.05, 0) is 63.7 Å². The lowest BCUT2D eigenvalue weighted by Crippen LogP contribution is -2.53. The van der Waals surface area contributed by atoms with E-state index in [4.69, 9.17) is 9.47 Å². The maximum atomic E-state index is 12.6. The minimum Gasteiger partial charge on any atom is -0.469 e. The molecule has 0 radical (unpaired) electrons. The van der Waals surface area contributed by atoms with Crippen LogP contribution in [0.5, 0.6) is 0 Å². The van der Waals surface area contributed by atoms with Gasteiger partial charge in [0.25, 0.3) is 0 Å². The summed E-state index contributed by atoms with van der Waals surface area (Å²) in [5, 5.41) is 0. The molecule has 8 nitrogen and oxygen atoms in total. The van der Waals surface area contributed by atoms with Crippen LogP contribution in [-0.2, 0) is 20.8 Å². The fourth-order valence-electron chi connectivity index (χ4n) is 6.04. The van der Waals surface area contributed by atoms with Crippen LogP contribution in [0, 0.1) is 5.92 Å². The van der Waals surface area contributed by atoms with Gasteiger partial charge in [-0.1, -0.05) is 43.2 Å². The summed E-state index contributed by atoms with van der Waals surface area (Å²) in [5.74, 6) is 0.668. The molecule has 1 aromatic carbocycles. The highest BCUT2D eigenvalue weighted by Crippen LogP contribution is 2.26. The molecule has 37 heavy (non-hydrogen) atoms. The maximum absolute atomic E-state index is 12.6. The predicted octanol–water partition coefficient (Wildman–Crippen LogP) is 3.81. The zero-order valence-corrected chi connectivity index (χ0v) is 22.9. The first kappa shape index (κ1) is 27.9. The molecule has 3 heterocycles. The third kappa shape index (κ3) is 8.16. The summed E-state index contributed by atoms with van der Waals surface area (Å²) < 4.78 is 10.5. The van der Waals surface area contributed by atoms with Crippen LogP contribution in [0.25, 0.3) is 0 Å². The Balaban J connectivity index is 1.09. The van der Waals surface area contributed by atoms with Gasteiger partial charge in [0.05, 0.1) is 13.2 Å². The standard InChI is InChI=1S/C29H46N4O4/c1-24-28(32-21-19-30(20-22-32)15-8-12-27(34)36-2)37-29(35)33(24)16-7-6-9-25-13-17-31(18-14-25)23-26-10-4-3-5-11-26/h3-5,10-11,24-25,28H,6-9,12-23H2,1-2H3. The summed E-state index contributed by atoms with van der Waals surface area (Å²) in [6.45, 7) is 10.9. The number of hydrogen-bond acceptors (Lipinski definition) is 7. The summed E-state index contributed by atoms with van der Waals surface area (Å²) in [5.41, 5.74) is 1.41. The SMILES string of the molecule is COC(=O)CCCN1CCN(C2OC(=O)N(CCCCC3CCN(Cc4ccccc4)CC3)C2C)CC1. The summed E-state index contributed by atoms with van der Waals surface area (Å²) in [4.78, 5) is 33.2. The molecule has 0 aromatic heterocycles. The average Bonchev–Trinajstić information content (AvgIpc) is 3.21. The molecule has 8 heteroatoms. The highest BCUT2D eigenvalue weighted by Gasteiger charge is 2.42. The normalized spacial score (nSPS) is 24.4. The number of piperidine rings is 1. The third-order valence-electron chi connectivity index (χ3n) is 8.43. The topological polar surface area (TPSA) is 65.6 Å². The lowest BCUT2D eigenvalue weighted by molar-refractivity contribution is -0.140. The van der Waals surface area contributed by atoms with Gasteiger partial charge >= 0.3 is 12.1 Å². The van der Waals surface area contributed by atoms with E-state index in [-0.39, 0.29) is 24.3 Å². The lowest BCUT2D eigenvalue weighted by Gasteiger charge is -2.38. The Morgan fingerprint density at radius 3 is 2.38 bits per heavy atom. The second kappa shape index (κ2) is 14.1. The highest BCUT2D eigenvalue weighted by atomic mass is 16.6. The van der Waals surface area contributed by atoms with E-state index in [0.717, 1.165) is 64.6 Å². The van der Waals surface area contributed by atoms with Crippen LogP contribution in [0.4, 0.5) is 4.79 Å². The Bertz CT molecular complexity index is 838. The molecule has 3 aliphatic heterocycles. The Morgan fingerprint density at radius 1 is 0.946 bits per heavy atom. The summed E-state index contributed by atoms with van der Waals surface area (Å²) in [6.07, 6.45) is 7.03. The number of nitrogens with zero attached hydrogens (tertiary/aromatic N) is 4. The van der Waals surface area contributed by atoms with Crippen LogP contribution in [0.1, 0.15) is 57.4 Å². The first-order chi connectivity index (χ1) is 18.0. The number of rotatable bonds is 12. The summed E-state index contributed by atoms with van der Waals surface area (Å²) in [6, 6.07) is 10.9. The fourth-order valence-corrected chi connectivity index (χ4v) is 6.04. The van der Waals surface area contributed by atoms with Crippen molar-refractivity contribution in [3.63, 3.8) is 0 Å². The molecule has 1 aromatic rings. The number of carbonyl (C=O) groups excluding carboxylic acids is 2. The number of likely N-dealkylation sites (tertiary alicyclic amines) is 1. The second-order valence-electron chi connectivity index (χ2n) is 11.0. The third-order valence-corrected chi connectivity index (χ3v) is 8.43. The number of carbonyl (C=O) groups is 2. The van der Waals surface area contributed by atoms with E-state index in [1.54, 1.807) is 0 Å². The van der Waals surface area contributed by atoms with Gasteiger partial charge in [0.2, 0.25) is 0 Å². The van der Waals surface area contributed by atoms with E-state index in [0.29, 0.717) is 6.42 Å². The van der Waals surface area contributed by atoms with Gasteiger partial charge in [-0.2, -0.15) is 0 Å². The molecular formula is C29H46N4O4. The van der Waals surface area contributed by atoms with Gasteiger partial charge in [0.1, 0.15) is 0 Å². The van der Waals surface area contributed by atoms with Gasteiger partial charge in [-0.25, -0.2) is 4.79 Å². The van der Waals surface area contributed by atoms with Crippen molar-refractivity contribution in [3.8, 4) is 0 Å². The minimum absolute atomic E-state index is 0.0830. The molecule has 3 saturated heterocycles. The first-order valence-electron chi connectivity index (χ1n) is 14.3. The minimum atomic E-state index is -0.160. The van der Waals surface area contributed by atoms with E-state index in [9.17, 15) is 9.59 Å². The monoisotopic (exact) mass is 514 g/mol. The number of cyclic esters (lactones) is 1. The second-order valence-corrected chi connectivity index (χ2v) is 11.0. The molecule has 1 amide bonds. The quantitative estimate of drug-likeness (QED) is 0.310. The van der Waals surface area contributed by atoms with Crippen molar-refractivity contribution in [1.82, 2.24) is 19.6 Å². The first-order valence-corrected chi connectivity index (χ1v) is 14.3. The van der Waals surface area contributed by atoms with Crippen molar-refractivity contribution in [2.45, 2.75) is 70.7 Å². The van der Waals surface area contributed by atoms with E-state index in [1.165, 1.54) is 51.4 Å². The van der Waals surface area contributed by atoms with Crippen LogP contribution in [0.2, 0.25) is 0 Å². The van der Waals surface area contributed by atoms with Crippen molar-refractivity contribution in [2.24, 2.45) is 5.92 Å². The Morgan fingerprint density at radius 2 is 1.68 bits per heavy atom. The molecule has 4 rings (SSSR count). The number of ether oxygens (including phenoxy) is 2. The molecule has 0 bridgehead atoms. The van der Waals surface area contributed by atoms with E-state index >= 15 is 0 Å². The Hall–Kier alpha value is -2.16. The number of esters is 1. The van der Waals surface area contributed by atoms with E-state index < -0.39 is 0 Å². The maximum Gasteiger partial charge on any atom is 0.411 e. The Kier molecular flexibility index (Phi) is 10.6. The van der Waals surface area contributed by atoms with E-state index in [1.807, 2.05) is 4.90 Å². The smallest absolute Gasteiger partial charge is 0.411 e. The van der Waals surface area contributed by atoms with Gasteiger partial charge in [0.15, 0.2) is 6.23 Å². The van der Waals surface area contributed by atoms with Crippen molar-refractivity contribution in [2.75, 3.05) is 59.5 Å². The van der Waals surface area contributed by atoms with Crippen LogP contribution in [0.15, 0.2) is 30.3 Å². The van der Waals surface area contributed by atoms with Gasteiger partial charge in [0, 0.05) is 45.7 Å². The molecule has 206 valence electrons. The molecule has 2 atom stereocenters. The predicted molar refractivity (Wildman–Crippen MR) is 144 cm³/mol. The molecule has 0 spiro atoms. The van der Waals surface area contributed by atoms with Crippen molar-refractivity contribution in [1.29, 1.82) is 0 Å². The zero-order chi connectivity index (χ0) is 26.0. The lowest BCUT2D eigenvalue weighted by atomic mass is 9.91. The van der Waals surface area contributed by atoms with Crippen molar-refractivity contribution >= 4 is 12.1 Å². The van der Waals surface area contributed by atoms with Crippen molar-refractivity contribution < 1.29 is 19.1 Å². The molecule has 0 saturated carbocycles. The largest absolute Gasteiger partial charge is 0.469 e. The molecule has 3 fully saturated rings. The number of unbranched alkanes of at least 4 members (excludes halogenated alkanes) is 1. The molecular weight excluding hydrogens is 468 g/mol. The number of methoxy groups -OCH3 is 1. The van der Waals surface area contributed by atoms with Gasteiger partial charge in [-0.15, -0.1) is 0 Å². The molecule has 2 unspecified atom stereocenters.